The maximum absolute atomic E-state index is 13.5. The SMILES string of the molecule is C[C@@H]1[C@@H](C)CCC[C@@](O)([C@@H](C)C(=O)N(C)C)[C@@H]2CC[C@H]2CN2C[C@@]3(CCCc4cc(Cl)ccc43)COc3ccc(cc32)C(=O)NS1(=O)=O. The molecule has 1 spiro atoms. The zero-order chi connectivity index (χ0) is 34.6. The smallest absolute Gasteiger partial charge is 0.264 e. The number of carbonyl (C=O) groups is 2. The average Bonchev–Trinajstić information content (AvgIpc) is 3.17. The molecule has 7 atom stereocenters. The summed E-state index contributed by atoms with van der Waals surface area (Å²) in [5.41, 5.74) is 1.83. The Kier molecular flexibility index (Phi) is 9.59. The number of benzene rings is 2. The molecule has 11 heteroatoms. The molecule has 0 unspecified atom stereocenters. The fourth-order valence-corrected chi connectivity index (χ4v) is 10.3. The number of sulfonamides is 1. The van der Waals surface area contributed by atoms with Crippen LogP contribution < -0.4 is 14.4 Å². The number of rotatable bonds is 2. The highest BCUT2D eigenvalue weighted by Crippen LogP contribution is 2.51. The topological polar surface area (TPSA) is 116 Å². The maximum Gasteiger partial charge on any atom is 0.264 e. The molecule has 0 saturated heterocycles. The van der Waals surface area contributed by atoms with Crippen molar-refractivity contribution in [3.05, 3.63) is 58.1 Å². The number of nitrogens with one attached hydrogen (secondary N) is 1. The number of carbonyl (C=O) groups excluding carboxylic acids is 2. The second kappa shape index (κ2) is 13.1. The zero-order valence-corrected chi connectivity index (χ0v) is 30.4. The van der Waals surface area contributed by atoms with Crippen molar-refractivity contribution in [1.29, 1.82) is 0 Å². The van der Waals surface area contributed by atoms with E-state index in [1.165, 1.54) is 11.1 Å². The number of halogens is 1. The van der Waals surface area contributed by atoms with Crippen LogP contribution in [0.3, 0.4) is 0 Å². The lowest BCUT2D eigenvalue weighted by atomic mass is 9.59. The Morgan fingerprint density at radius 2 is 1.88 bits per heavy atom. The van der Waals surface area contributed by atoms with Gasteiger partial charge in [-0.05, 0) is 111 Å². The van der Waals surface area contributed by atoms with Crippen LogP contribution >= 0.6 is 11.6 Å². The first kappa shape index (κ1) is 35.0. The van der Waals surface area contributed by atoms with Crippen molar-refractivity contribution in [2.75, 3.05) is 38.7 Å². The molecular weight excluding hydrogens is 650 g/mol. The number of fused-ring (bicyclic) bond motifs is 4. The molecule has 262 valence electrons. The second-order valence-electron chi connectivity index (χ2n) is 15.2. The van der Waals surface area contributed by atoms with Crippen LogP contribution in [0.15, 0.2) is 36.4 Å². The minimum Gasteiger partial charge on any atom is -0.490 e. The standard InChI is InChI=1S/C37H50ClN3O6S/c1-23-8-6-17-37(44,24(2)35(43)40(4)5)31-13-10-28(31)20-41-21-36(16-7-9-26-18-29(38)12-14-30(26)36)22-47-33-15-11-27(19-32(33)41)34(42)39-48(45,46)25(23)3/h11-12,14-15,18-19,23-25,28,31,44H,6-10,13,16-17,20-22H2,1-5H3,(H,39,42)/t23-,24-,25+,28-,31+,36-,37+/m0/s1. The van der Waals surface area contributed by atoms with E-state index in [9.17, 15) is 23.1 Å². The quantitative estimate of drug-likeness (QED) is 0.422. The third kappa shape index (κ3) is 6.33. The molecule has 1 fully saturated rings. The summed E-state index contributed by atoms with van der Waals surface area (Å²) in [5.74, 6) is -1.05. The van der Waals surface area contributed by atoms with Gasteiger partial charge < -0.3 is 19.6 Å². The molecule has 2 aliphatic carbocycles. The lowest BCUT2D eigenvalue weighted by molar-refractivity contribution is -0.159. The number of hydrogen-bond acceptors (Lipinski definition) is 7. The Morgan fingerprint density at radius 1 is 1.10 bits per heavy atom. The molecule has 2 N–H and O–H groups in total. The Hall–Kier alpha value is -2.82. The average molecular weight is 700 g/mol. The van der Waals surface area contributed by atoms with Crippen molar-refractivity contribution in [3.8, 4) is 5.75 Å². The van der Waals surface area contributed by atoms with Gasteiger partial charge in [-0.15, -0.1) is 0 Å². The number of hydrogen-bond donors (Lipinski definition) is 2. The fraction of sp³-hybridized carbons (Fsp3) is 0.622. The van der Waals surface area contributed by atoms with Gasteiger partial charge in [0.1, 0.15) is 5.75 Å². The Bertz CT molecular complexity index is 1680. The Balaban J connectivity index is 1.45. The lowest BCUT2D eigenvalue weighted by Crippen LogP contribution is -2.57. The first-order valence-electron chi connectivity index (χ1n) is 17.5. The van der Waals surface area contributed by atoms with Crippen LogP contribution in [0.2, 0.25) is 5.02 Å². The molecule has 48 heavy (non-hydrogen) atoms. The fourth-order valence-electron chi connectivity index (χ4n) is 8.84. The maximum atomic E-state index is 13.5. The largest absolute Gasteiger partial charge is 0.490 e. The van der Waals surface area contributed by atoms with Gasteiger partial charge >= 0.3 is 0 Å². The number of aryl methyl sites for hydroxylation is 1. The zero-order valence-electron chi connectivity index (χ0n) is 28.8. The third-order valence-corrected chi connectivity index (χ3v) is 14.3. The molecule has 2 amide bonds. The van der Waals surface area contributed by atoms with Crippen LogP contribution in [-0.2, 0) is 26.7 Å². The van der Waals surface area contributed by atoms with Crippen molar-refractivity contribution in [3.63, 3.8) is 0 Å². The van der Waals surface area contributed by atoms with E-state index in [1.54, 1.807) is 44.1 Å². The number of amides is 2. The molecule has 0 aromatic heterocycles. The summed E-state index contributed by atoms with van der Waals surface area (Å²) in [6, 6.07) is 11.3. The van der Waals surface area contributed by atoms with E-state index in [4.69, 9.17) is 16.3 Å². The summed E-state index contributed by atoms with van der Waals surface area (Å²) in [6.07, 6.45) is 6.04. The predicted octanol–water partition coefficient (Wildman–Crippen LogP) is 5.56. The molecule has 2 aromatic carbocycles. The first-order chi connectivity index (χ1) is 22.6. The van der Waals surface area contributed by atoms with Crippen molar-refractivity contribution in [1.82, 2.24) is 9.62 Å². The van der Waals surface area contributed by atoms with Crippen LogP contribution in [0.25, 0.3) is 0 Å². The van der Waals surface area contributed by atoms with Gasteiger partial charge in [-0.25, -0.2) is 13.1 Å². The molecule has 2 bridgehead atoms. The molecule has 6 rings (SSSR count). The van der Waals surface area contributed by atoms with Crippen molar-refractivity contribution in [2.45, 2.75) is 88.4 Å². The van der Waals surface area contributed by atoms with Crippen LogP contribution in [0.5, 0.6) is 5.75 Å². The second-order valence-corrected chi connectivity index (χ2v) is 17.7. The number of aliphatic hydroxyl groups is 1. The lowest BCUT2D eigenvalue weighted by Gasteiger charge is -2.52. The molecule has 1 saturated carbocycles. The first-order valence-corrected chi connectivity index (χ1v) is 19.4. The molecule has 0 radical (unpaired) electrons. The Morgan fingerprint density at radius 3 is 2.58 bits per heavy atom. The van der Waals surface area contributed by atoms with Gasteiger partial charge in [-0.3, -0.25) is 9.59 Å². The van der Waals surface area contributed by atoms with E-state index in [-0.39, 0.29) is 34.6 Å². The summed E-state index contributed by atoms with van der Waals surface area (Å²) < 4.78 is 35.8. The van der Waals surface area contributed by atoms with E-state index in [1.807, 2.05) is 19.9 Å². The van der Waals surface area contributed by atoms with E-state index >= 15 is 0 Å². The van der Waals surface area contributed by atoms with Gasteiger partial charge in [0.2, 0.25) is 15.9 Å². The predicted molar refractivity (Wildman–Crippen MR) is 188 cm³/mol. The number of anilines is 1. The summed E-state index contributed by atoms with van der Waals surface area (Å²) in [4.78, 5) is 30.8. The normalized spacial score (nSPS) is 32.4. The minimum absolute atomic E-state index is 0.103. The molecule has 2 aromatic rings. The summed E-state index contributed by atoms with van der Waals surface area (Å²) in [7, 11) is -0.550. The molecule has 4 aliphatic rings. The monoisotopic (exact) mass is 699 g/mol. The summed E-state index contributed by atoms with van der Waals surface area (Å²) in [6.45, 7) is 7.00. The van der Waals surface area contributed by atoms with Gasteiger partial charge in [0, 0.05) is 43.2 Å². The molecule has 9 nitrogen and oxygen atoms in total. The van der Waals surface area contributed by atoms with E-state index in [2.05, 4.69) is 21.8 Å². The van der Waals surface area contributed by atoms with Gasteiger partial charge in [0.15, 0.2) is 0 Å². The van der Waals surface area contributed by atoms with Crippen molar-refractivity contribution >= 4 is 39.1 Å². The minimum atomic E-state index is -3.99. The molecule has 2 heterocycles. The van der Waals surface area contributed by atoms with E-state index < -0.39 is 32.7 Å². The number of ether oxygens (including phenoxy) is 1. The van der Waals surface area contributed by atoms with Gasteiger partial charge in [-0.2, -0.15) is 0 Å². The van der Waals surface area contributed by atoms with E-state index in [0.29, 0.717) is 49.7 Å². The van der Waals surface area contributed by atoms with Gasteiger partial charge in [0.05, 0.1) is 29.1 Å². The Labute approximate surface area is 290 Å². The summed E-state index contributed by atoms with van der Waals surface area (Å²) in [5, 5.41) is 12.5. The van der Waals surface area contributed by atoms with Gasteiger partial charge in [-0.1, -0.05) is 37.9 Å². The highest BCUT2D eigenvalue weighted by Gasteiger charge is 2.53. The van der Waals surface area contributed by atoms with Crippen molar-refractivity contribution in [2.24, 2.45) is 23.7 Å². The molecule has 2 aliphatic heterocycles. The van der Waals surface area contributed by atoms with Crippen molar-refractivity contribution < 1.29 is 27.9 Å². The van der Waals surface area contributed by atoms with Crippen LogP contribution in [0, 0.1) is 23.7 Å². The highest BCUT2D eigenvalue weighted by atomic mass is 35.5. The molecular formula is C37H50ClN3O6S. The number of nitrogens with zero attached hydrogens (tertiary/aromatic N) is 2. The van der Waals surface area contributed by atoms with E-state index in [0.717, 1.165) is 37.8 Å². The van der Waals surface area contributed by atoms with Crippen LogP contribution in [-0.4, -0.2) is 74.9 Å². The summed E-state index contributed by atoms with van der Waals surface area (Å²) >= 11 is 6.44. The highest BCUT2D eigenvalue weighted by molar-refractivity contribution is 7.90. The van der Waals surface area contributed by atoms with Crippen LogP contribution in [0.1, 0.15) is 87.2 Å². The van der Waals surface area contributed by atoms with Crippen LogP contribution in [0.4, 0.5) is 5.69 Å². The van der Waals surface area contributed by atoms with Gasteiger partial charge in [0.25, 0.3) is 5.91 Å². The third-order valence-electron chi connectivity index (χ3n) is 12.1.